The fourth-order valence-corrected chi connectivity index (χ4v) is 1.09. The highest BCUT2D eigenvalue weighted by molar-refractivity contribution is 5.73. The fourth-order valence-electron chi connectivity index (χ4n) is 1.09. The molecule has 14 heavy (non-hydrogen) atoms. The molecule has 0 aliphatic carbocycles. The Labute approximate surface area is 82.3 Å². The quantitative estimate of drug-likeness (QED) is 0.465. The van der Waals surface area contributed by atoms with E-state index in [2.05, 4.69) is 10.3 Å². The highest BCUT2D eigenvalue weighted by atomic mass is 16.4. The van der Waals surface area contributed by atoms with Crippen molar-refractivity contribution in [2.24, 2.45) is 5.73 Å². The van der Waals surface area contributed by atoms with E-state index in [1.54, 1.807) is 0 Å². The van der Waals surface area contributed by atoms with Crippen molar-refractivity contribution >= 4 is 5.97 Å². The predicted octanol–water partition coefficient (Wildman–Crippen LogP) is -0.441. The number of H-pyrrole nitrogens is 1. The first-order valence-electron chi connectivity index (χ1n) is 4.51. The van der Waals surface area contributed by atoms with Gasteiger partial charge >= 0.3 is 5.97 Å². The summed E-state index contributed by atoms with van der Waals surface area (Å²) in [6.07, 6.45) is 4.65. The second-order valence-electron chi connectivity index (χ2n) is 3.12. The van der Waals surface area contributed by atoms with Gasteiger partial charge in [-0.05, 0) is 24.6 Å². The summed E-state index contributed by atoms with van der Waals surface area (Å²) in [7, 11) is 0. The lowest BCUT2D eigenvalue weighted by molar-refractivity contribution is -0.138. The average Bonchev–Trinajstić information content (AvgIpc) is 2.64. The lowest BCUT2D eigenvalue weighted by Crippen LogP contribution is -2.40. The van der Waals surface area contributed by atoms with Crippen LogP contribution in [0.25, 0.3) is 0 Å². The molecule has 1 atom stereocenters. The minimum absolute atomic E-state index is 0.305. The number of rotatable bonds is 6. The Bertz CT molecular complexity index is 272. The van der Waals surface area contributed by atoms with Crippen molar-refractivity contribution in [3.05, 3.63) is 24.0 Å². The van der Waals surface area contributed by atoms with Gasteiger partial charge in [-0.2, -0.15) is 0 Å². The van der Waals surface area contributed by atoms with E-state index < -0.39 is 12.0 Å². The van der Waals surface area contributed by atoms with Gasteiger partial charge in [0.15, 0.2) is 0 Å². The van der Waals surface area contributed by atoms with Crippen molar-refractivity contribution in [2.75, 3.05) is 13.1 Å². The second kappa shape index (κ2) is 5.41. The van der Waals surface area contributed by atoms with Crippen LogP contribution < -0.4 is 11.1 Å². The molecule has 1 heterocycles. The van der Waals surface area contributed by atoms with Crippen LogP contribution in [-0.4, -0.2) is 35.2 Å². The molecule has 5 nitrogen and oxygen atoms in total. The third kappa shape index (κ3) is 3.59. The molecule has 5 heteroatoms. The van der Waals surface area contributed by atoms with Crippen molar-refractivity contribution in [1.82, 2.24) is 10.3 Å². The van der Waals surface area contributed by atoms with E-state index in [0.29, 0.717) is 6.54 Å². The molecule has 0 saturated heterocycles. The Morgan fingerprint density at radius 3 is 3.07 bits per heavy atom. The van der Waals surface area contributed by atoms with Crippen LogP contribution in [0.5, 0.6) is 0 Å². The van der Waals surface area contributed by atoms with E-state index in [1.807, 2.05) is 18.5 Å². The van der Waals surface area contributed by atoms with Crippen molar-refractivity contribution in [1.29, 1.82) is 0 Å². The summed E-state index contributed by atoms with van der Waals surface area (Å²) >= 11 is 0. The van der Waals surface area contributed by atoms with Crippen LogP contribution in [-0.2, 0) is 11.2 Å². The Hall–Kier alpha value is -1.33. The average molecular weight is 197 g/mol. The van der Waals surface area contributed by atoms with Gasteiger partial charge in [0.05, 0.1) is 0 Å². The zero-order chi connectivity index (χ0) is 10.4. The van der Waals surface area contributed by atoms with Crippen molar-refractivity contribution in [2.45, 2.75) is 12.5 Å². The highest BCUT2D eigenvalue weighted by Crippen LogP contribution is 1.95. The van der Waals surface area contributed by atoms with Crippen molar-refractivity contribution in [3.8, 4) is 0 Å². The highest BCUT2D eigenvalue weighted by Gasteiger charge is 2.09. The molecule has 1 rings (SSSR count). The number of carbonyl (C=O) groups is 1. The largest absolute Gasteiger partial charge is 0.480 e. The van der Waals surface area contributed by atoms with Crippen LogP contribution in [0.1, 0.15) is 5.56 Å². The normalized spacial score (nSPS) is 12.6. The van der Waals surface area contributed by atoms with Gasteiger partial charge in [-0.15, -0.1) is 0 Å². The summed E-state index contributed by atoms with van der Waals surface area (Å²) in [5, 5.41) is 11.5. The summed E-state index contributed by atoms with van der Waals surface area (Å²) in [4.78, 5) is 13.3. The van der Waals surface area contributed by atoms with Gasteiger partial charge in [-0.25, -0.2) is 0 Å². The maximum atomic E-state index is 10.4. The van der Waals surface area contributed by atoms with Gasteiger partial charge in [0.2, 0.25) is 0 Å². The van der Waals surface area contributed by atoms with Gasteiger partial charge in [0.1, 0.15) is 6.04 Å². The molecule has 0 aliphatic rings. The van der Waals surface area contributed by atoms with E-state index in [0.717, 1.165) is 13.0 Å². The number of carboxylic acids is 1. The Balaban J connectivity index is 2.08. The Kier molecular flexibility index (Phi) is 4.15. The van der Waals surface area contributed by atoms with Crippen LogP contribution in [0.2, 0.25) is 0 Å². The molecule has 0 spiro atoms. The molecule has 0 bridgehead atoms. The number of nitrogens with two attached hydrogens (primary N) is 1. The van der Waals surface area contributed by atoms with E-state index >= 15 is 0 Å². The van der Waals surface area contributed by atoms with Crippen LogP contribution in [0.15, 0.2) is 18.5 Å². The minimum Gasteiger partial charge on any atom is -0.480 e. The summed E-state index contributed by atoms with van der Waals surface area (Å²) < 4.78 is 0. The summed E-state index contributed by atoms with van der Waals surface area (Å²) in [5.41, 5.74) is 6.50. The van der Waals surface area contributed by atoms with E-state index in [9.17, 15) is 4.79 Å². The fraction of sp³-hybridized carbons (Fsp3) is 0.444. The third-order valence-corrected chi connectivity index (χ3v) is 1.93. The molecule has 5 N–H and O–H groups in total. The zero-order valence-corrected chi connectivity index (χ0v) is 7.86. The van der Waals surface area contributed by atoms with Gasteiger partial charge in [0.25, 0.3) is 0 Å². The molecule has 0 fully saturated rings. The monoisotopic (exact) mass is 197 g/mol. The van der Waals surface area contributed by atoms with Gasteiger partial charge < -0.3 is 21.1 Å². The van der Waals surface area contributed by atoms with Crippen molar-refractivity contribution < 1.29 is 9.90 Å². The lowest BCUT2D eigenvalue weighted by atomic mass is 10.2. The molecule has 0 saturated carbocycles. The maximum absolute atomic E-state index is 10.4. The van der Waals surface area contributed by atoms with Gasteiger partial charge in [0, 0.05) is 18.9 Å². The molecule has 1 aromatic heterocycles. The first-order chi connectivity index (χ1) is 6.70. The predicted molar refractivity (Wildman–Crippen MR) is 53.0 cm³/mol. The van der Waals surface area contributed by atoms with E-state index in [4.69, 9.17) is 10.8 Å². The third-order valence-electron chi connectivity index (χ3n) is 1.93. The van der Waals surface area contributed by atoms with Gasteiger partial charge in [-0.3, -0.25) is 4.79 Å². The molecular weight excluding hydrogens is 182 g/mol. The molecular formula is C9H15N3O2. The molecule has 1 aromatic rings. The molecule has 1 unspecified atom stereocenters. The SMILES string of the molecule is NC(CNCCc1cc[nH]c1)C(=O)O. The summed E-state index contributed by atoms with van der Waals surface area (Å²) in [5.74, 6) is -0.973. The molecule has 78 valence electrons. The topological polar surface area (TPSA) is 91.1 Å². The summed E-state index contributed by atoms with van der Waals surface area (Å²) in [6, 6.07) is 1.17. The molecule has 0 amide bonds. The number of carboxylic acid groups (broad SMARTS) is 1. The van der Waals surface area contributed by atoms with Crippen molar-refractivity contribution in [3.63, 3.8) is 0 Å². The zero-order valence-electron chi connectivity index (χ0n) is 7.86. The first kappa shape index (κ1) is 10.7. The van der Waals surface area contributed by atoms with E-state index in [1.165, 1.54) is 5.56 Å². The maximum Gasteiger partial charge on any atom is 0.321 e. The first-order valence-corrected chi connectivity index (χ1v) is 4.51. The number of aromatic nitrogens is 1. The number of aliphatic carboxylic acids is 1. The summed E-state index contributed by atoms with van der Waals surface area (Å²) in [6.45, 7) is 1.04. The Morgan fingerprint density at radius 1 is 1.71 bits per heavy atom. The number of nitrogens with one attached hydrogen (secondary N) is 2. The molecule has 0 aromatic carbocycles. The number of aromatic amines is 1. The van der Waals surface area contributed by atoms with Crippen LogP contribution >= 0.6 is 0 Å². The smallest absolute Gasteiger partial charge is 0.321 e. The Morgan fingerprint density at radius 2 is 2.50 bits per heavy atom. The number of hydrogen-bond acceptors (Lipinski definition) is 3. The number of hydrogen-bond donors (Lipinski definition) is 4. The standard InChI is InChI=1S/C9H15N3O2/c10-8(9(13)14)6-12-4-2-7-1-3-11-5-7/h1,3,5,8,11-12H,2,4,6,10H2,(H,13,14). The second-order valence-corrected chi connectivity index (χ2v) is 3.12. The van der Waals surface area contributed by atoms with Crippen LogP contribution in [0.4, 0.5) is 0 Å². The van der Waals surface area contributed by atoms with Crippen LogP contribution in [0, 0.1) is 0 Å². The molecule has 0 aliphatic heterocycles. The minimum atomic E-state index is -0.973. The molecule has 0 radical (unpaired) electrons. The van der Waals surface area contributed by atoms with Gasteiger partial charge in [-0.1, -0.05) is 0 Å². The lowest BCUT2D eigenvalue weighted by Gasteiger charge is -2.07. The van der Waals surface area contributed by atoms with Crippen LogP contribution in [0.3, 0.4) is 0 Å². The van der Waals surface area contributed by atoms with E-state index in [-0.39, 0.29) is 0 Å².